The van der Waals surface area contributed by atoms with Gasteiger partial charge in [0.15, 0.2) is 0 Å². The van der Waals surface area contributed by atoms with Crippen LogP contribution in [0.5, 0.6) is 0 Å². The third-order valence-electron chi connectivity index (χ3n) is 4.30. The maximum Gasteiger partial charge on any atom is 0.317 e. The molecule has 23 heavy (non-hydrogen) atoms. The number of carbonyl (C=O) groups excluding carboxylic acids is 2. The molecule has 1 aliphatic carbocycles. The largest absolute Gasteiger partial charge is 0.481 e. The Bertz CT molecular complexity index is 503. The number of hydrogen-bond acceptors (Lipinski definition) is 5. The van der Waals surface area contributed by atoms with E-state index in [2.05, 4.69) is 0 Å². The van der Waals surface area contributed by atoms with Gasteiger partial charge in [0.05, 0.1) is 0 Å². The van der Waals surface area contributed by atoms with Crippen molar-refractivity contribution in [2.75, 3.05) is 0 Å². The molecule has 1 rings (SSSR count). The van der Waals surface area contributed by atoms with Crippen molar-refractivity contribution in [3.05, 3.63) is 12.2 Å². The van der Waals surface area contributed by atoms with E-state index < -0.39 is 29.6 Å². The summed E-state index contributed by atoms with van der Waals surface area (Å²) in [6.07, 6.45) is 4.75. The number of rotatable bonds is 6. The van der Waals surface area contributed by atoms with Gasteiger partial charge in [-0.2, -0.15) is 0 Å². The first-order chi connectivity index (χ1) is 10.5. The zero-order valence-corrected chi connectivity index (χ0v) is 14.4. The fourth-order valence-electron chi connectivity index (χ4n) is 3.33. The van der Waals surface area contributed by atoms with E-state index in [1.807, 2.05) is 26.0 Å². The Morgan fingerprint density at radius 3 is 1.83 bits per heavy atom. The molecule has 0 heterocycles. The van der Waals surface area contributed by atoms with Crippen molar-refractivity contribution in [2.45, 2.75) is 65.1 Å². The SMILES string of the molecule is CC(=O)OC(C)(C)C1CC=CCC1C(C)(C)OC(=O)CC(=O)O. The van der Waals surface area contributed by atoms with Crippen LogP contribution in [0.2, 0.25) is 0 Å². The molecule has 0 spiro atoms. The van der Waals surface area contributed by atoms with E-state index in [0.29, 0.717) is 12.8 Å². The molecular formula is C17H26O6. The molecule has 1 aliphatic rings. The average Bonchev–Trinajstić information content (AvgIpc) is 2.35. The lowest BCUT2D eigenvalue weighted by molar-refractivity contribution is -0.180. The average molecular weight is 326 g/mol. The molecular weight excluding hydrogens is 300 g/mol. The number of carboxylic acids is 1. The van der Waals surface area contributed by atoms with Gasteiger partial charge in [0.25, 0.3) is 0 Å². The molecule has 0 fully saturated rings. The quantitative estimate of drug-likeness (QED) is 0.458. The summed E-state index contributed by atoms with van der Waals surface area (Å²) >= 11 is 0. The van der Waals surface area contributed by atoms with E-state index in [4.69, 9.17) is 14.6 Å². The zero-order chi connectivity index (χ0) is 17.8. The zero-order valence-electron chi connectivity index (χ0n) is 14.4. The predicted octanol–water partition coefficient (Wildman–Crippen LogP) is 2.71. The fourth-order valence-corrected chi connectivity index (χ4v) is 3.33. The monoisotopic (exact) mass is 326 g/mol. The fraction of sp³-hybridized carbons (Fsp3) is 0.706. The summed E-state index contributed by atoms with van der Waals surface area (Å²) in [4.78, 5) is 33.8. The van der Waals surface area contributed by atoms with E-state index in [1.165, 1.54) is 6.92 Å². The number of ether oxygens (including phenoxy) is 2. The van der Waals surface area contributed by atoms with Crippen molar-refractivity contribution in [1.82, 2.24) is 0 Å². The molecule has 0 aromatic carbocycles. The second-order valence-electron chi connectivity index (χ2n) is 7.00. The van der Waals surface area contributed by atoms with E-state index >= 15 is 0 Å². The molecule has 6 nitrogen and oxygen atoms in total. The molecule has 0 aromatic heterocycles. The minimum Gasteiger partial charge on any atom is -0.481 e. The van der Waals surface area contributed by atoms with Crippen molar-refractivity contribution in [1.29, 1.82) is 0 Å². The molecule has 2 atom stereocenters. The summed E-state index contributed by atoms with van der Waals surface area (Å²) in [7, 11) is 0. The van der Waals surface area contributed by atoms with Gasteiger partial charge in [-0.15, -0.1) is 0 Å². The van der Waals surface area contributed by atoms with Gasteiger partial charge in [0.2, 0.25) is 0 Å². The highest BCUT2D eigenvalue weighted by Crippen LogP contribution is 2.43. The van der Waals surface area contributed by atoms with Gasteiger partial charge in [-0.05, 0) is 40.5 Å². The highest BCUT2D eigenvalue weighted by Gasteiger charge is 2.46. The summed E-state index contributed by atoms with van der Waals surface area (Å²) in [6, 6.07) is 0. The minimum atomic E-state index is -1.22. The van der Waals surface area contributed by atoms with Crippen LogP contribution in [0.25, 0.3) is 0 Å². The van der Waals surface area contributed by atoms with Crippen molar-refractivity contribution < 1.29 is 29.0 Å². The number of aliphatic carboxylic acids is 1. The molecule has 6 heteroatoms. The summed E-state index contributed by atoms with van der Waals surface area (Å²) in [5.41, 5.74) is -1.57. The van der Waals surface area contributed by atoms with Crippen LogP contribution < -0.4 is 0 Å². The maximum absolute atomic E-state index is 11.7. The summed E-state index contributed by atoms with van der Waals surface area (Å²) in [6.45, 7) is 8.61. The Labute approximate surface area is 136 Å². The van der Waals surface area contributed by atoms with Crippen LogP contribution in [0.15, 0.2) is 12.2 Å². The summed E-state index contributed by atoms with van der Waals surface area (Å²) in [5.74, 6) is -2.46. The standard InChI is InChI=1S/C17H26O6/c1-11(18)22-16(2,3)12-8-6-7-9-13(12)17(4,5)23-15(21)10-14(19)20/h6-7,12-13H,8-10H2,1-5H3,(H,19,20). The van der Waals surface area contributed by atoms with Crippen molar-refractivity contribution in [3.8, 4) is 0 Å². The first-order valence-electron chi connectivity index (χ1n) is 7.74. The lowest BCUT2D eigenvalue weighted by atomic mass is 9.67. The smallest absolute Gasteiger partial charge is 0.317 e. The van der Waals surface area contributed by atoms with Gasteiger partial charge in [-0.25, -0.2) is 0 Å². The molecule has 0 aliphatic heterocycles. The second-order valence-corrected chi connectivity index (χ2v) is 7.00. The van der Waals surface area contributed by atoms with E-state index in [9.17, 15) is 14.4 Å². The second kappa shape index (κ2) is 7.15. The van der Waals surface area contributed by atoms with E-state index in [-0.39, 0.29) is 17.8 Å². The molecule has 1 N–H and O–H groups in total. The molecule has 130 valence electrons. The normalized spacial score (nSPS) is 21.6. The molecule has 0 radical (unpaired) electrons. The van der Waals surface area contributed by atoms with Crippen LogP contribution in [-0.4, -0.2) is 34.2 Å². The lowest BCUT2D eigenvalue weighted by Gasteiger charge is -2.46. The summed E-state index contributed by atoms with van der Waals surface area (Å²) in [5, 5.41) is 8.70. The third kappa shape index (κ3) is 5.37. The van der Waals surface area contributed by atoms with Crippen LogP contribution in [0, 0.1) is 11.8 Å². The van der Waals surface area contributed by atoms with Crippen LogP contribution in [0.4, 0.5) is 0 Å². The molecule has 0 bridgehead atoms. The van der Waals surface area contributed by atoms with Crippen molar-refractivity contribution in [2.24, 2.45) is 11.8 Å². The lowest BCUT2D eigenvalue weighted by Crippen LogP contribution is -2.50. The number of carbonyl (C=O) groups is 3. The van der Waals surface area contributed by atoms with Crippen molar-refractivity contribution >= 4 is 17.9 Å². The Kier molecular flexibility index (Phi) is 5.97. The number of esters is 2. The topological polar surface area (TPSA) is 89.9 Å². The highest BCUT2D eigenvalue weighted by atomic mass is 16.6. The Morgan fingerprint density at radius 2 is 1.43 bits per heavy atom. The first kappa shape index (κ1) is 19.2. The molecule has 0 amide bonds. The Balaban J connectivity index is 2.96. The van der Waals surface area contributed by atoms with Gasteiger partial charge in [0.1, 0.15) is 17.6 Å². The molecule has 2 unspecified atom stereocenters. The molecule has 0 saturated carbocycles. The maximum atomic E-state index is 11.7. The van der Waals surface area contributed by atoms with E-state index in [1.54, 1.807) is 13.8 Å². The Hall–Kier alpha value is -1.85. The van der Waals surface area contributed by atoms with Crippen LogP contribution >= 0.6 is 0 Å². The molecule has 0 saturated heterocycles. The molecule has 0 aromatic rings. The number of carboxylic acid groups (broad SMARTS) is 1. The van der Waals surface area contributed by atoms with E-state index in [0.717, 1.165) is 0 Å². The van der Waals surface area contributed by atoms with Crippen LogP contribution in [0.3, 0.4) is 0 Å². The van der Waals surface area contributed by atoms with Crippen molar-refractivity contribution in [3.63, 3.8) is 0 Å². The number of allylic oxidation sites excluding steroid dienone is 2. The van der Waals surface area contributed by atoms with Gasteiger partial charge in [-0.1, -0.05) is 12.2 Å². The minimum absolute atomic E-state index is 0.0379. The van der Waals surface area contributed by atoms with Crippen LogP contribution in [0.1, 0.15) is 53.9 Å². The van der Waals surface area contributed by atoms with Gasteiger partial charge < -0.3 is 14.6 Å². The number of hydrogen-bond donors (Lipinski definition) is 1. The first-order valence-corrected chi connectivity index (χ1v) is 7.74. The van der Waals surface area contributed by atoms with Gasteiger partial charge >= 0.3 is 17.9 Å². The highest BCUT2D eigenvalue weighted by molar-refractivity contribution is 5.90. The van der Waals surface area contributed by atoms with Gasteiger partial charge in [0, 0.05) is 18.8 Å². The Morgan fingerprint density at radius 1 is 1.00 bits per heavy atom. The van der Waals surface area contributed by atoms with Gasteiger partial charge in [-0.3, -0.25) is 14.4 Å². The summed E-state index contributed by atoms with van der Waals surface area (Å²) < 4.78 is 10.9. The third-order valence-corrected chi connectivity index (χ3v) is 4.30. The predicted molar refractivity (Wildman–Crippen MR) is 83.6 cm³/mol. The van der Waals surface area contributed by atoms with Crippen LogP contribution in [-0.2, 0) is 23.9 Å².